The lowest BCUT2D eigenvalue weighted by molar-refractivity contribution is 0.276. The Balaban J connectivity index is 1.99. The van der Waals surface area contributed by atoms with Crippen molar-refractivity contribution in [1.82, 2.24) is 9.03 Å². The first-order valence-electron chi connectivity index (χ1n) is 7.52. The summed E-state index contributed by atoms with van der Waals surface area (Å²) >= 11 is 0. The minimum Gasteiger partial charge on any atom is -0.329 e. The van der Waals surface area contributed by atoms with E-state index in [0.29, 0.717) is 25.4 Å². The predicted octanol–water partition coefficient (Wildman–Crippen LogP) is 1.12. The van der Waals surface area contributed by atoms with Crippen molar-refractivity contribution in [1.29, 1.82) is 0 Å². The smallest absolute Gasteiger partial charge is 0.279 e. The molecule has 3 N–H and O–H groups in total. The van der Waals surface area contributed by atoms with Crippen molar-refractivity contribution in [3.8, 4) is 0 Å². The molecular formula is C15H25N3O2S. The highest BCUT2D eigenvalue weighted by Gasteiger charge is 2.28. The van der Waals surface area contributed by atoms with Gasteiger partial charge in [-0.25, -0.2) is 0 Å². The van der Waals surface area contributed by atoms with Gasteiger partial charge in [0.25, 0.3) is 10.2 Å². The third-order valence-electron chi connectivity index (χ3n) is 3.88. The molecule has 0 amide bonds. The first-order valence-corrected chi connectivity index (χ1v) is 8.96. The summed E-state index contributed by atoms with van der Waals surface area (Å²) in [7, 11) is -3.44. The summed E-state index contributed by atoms with van der Waals surface area (Å²) in [5.74, 6) is 0.417. The normalized spacial score (nSPS) is 22.1. The van der Waals surface area contributed by atoms with Crippen molar-refractivity contribution in [2.75, 3.05) is 19.6 Å². The fraction of sp³-hybridized carbons (Fsp3) is 0.600. The van der Waals surface area contributed by atoms with Crippen LogP contribution in [-0.4, -0.2) is 38.4 Å². The van der Waals surface area contributed by atoms with Crippen molar-refractivity contribution in [3.05, 3.63) is 35.9 Å². The summed E-state index contributed by atoms with van der Waals surface area (Å²) in [6.07, 6.45) is 2.63. The van der Waals surface area contributed by atoms with Crippen molar-refractivity contribution < 1.29 is 8.42 Å². The summed E-state index contributed by atoms with van der Waals surface area (Å²) in [5, 5.41) is 0. The zero-order valence-corrected chi connectivity index (χ0v) is 13.3. The second kappa shape index (κ2) is 7.35. The van der Waals surface area contributed by atoms with E-state index < -0.39 is 10.2 Å². The number of rotatable bonds is 6. The van der Waals surface area contributed by atoms with E-state index in [1.807, 2.05) is 30.3 Å². The van der Waals surface area contributed by atoms with E-state index >= 15 is 0 Å². The third-order valence-corrected chi connectivity index (χ3v) is 5.53. The summed E-state index contributed by atoms with van der Waals surface area (Å²) in [6.45, 7) is 3.57. The molecule has 2 rings (SSSR count). The molecule has 6 heteroatoms. The van der Waals surface area contributed by atoms with E-state index in [4.69, 9.17) is 5.73 Å². The molecule has 21 heavy (non-hydrogen) atoms. The number of hydrogen-bond donors (Lipinski definition) is 2. The van der Waals surface area contributed by atoms with E-state index in [2.05, 4.69) is 11.6 Å². The van der Waals surface area contributed by atoms with Crippen LogP contribution in [-0.2, 0) is 16.6 Å². The zero-order valence-electron chi connectivity index (χ0n) is 12.5. The van der Waals surface area contributed by atoms with Gasteiger partial charge in [-0.15, -0.1) is 0 Å². The SMILES string of the molecule is CC1CCCN(S(=O)(=O)NC(CN)Cc2ccccc2)C1. The lowest BCUT2D eigenvalue weighted by Crippen LogP contribution is -2.51. The van der Waals surface area contributed by atoms with Gasteiger partial charge in [0.15, 0.2) is 0 Å². The van der Waals surface area contributed by atoms with Gasteiger partial charge in [-0.2, -0.15) is 17.4 Å². The minimum absolute atomic E-state index is 0.269. The van der Waals surface area contributed by atoms with Crippen molar-refractivity contribution >= 4 is 10.2 Å². The van der Waals surface area contributed by atoms with Gasteiger partial charge in [-0.05, 0) is 30.7 Å². The molecule has 0 bridgehead atoms. The van der Waals surface area contributed by atoms with Crippen LogP contribution in [0, 0.1) is 5.92 Å². The topological polar surface area (TPSA) is 75.4 Å². The molecule has 1 heterocycles. The zero-order chi connectivity index (χ0) is 15.3. The number of benzene rings is 1. The largest absolute Gasteiger partial charge is 0.329 e. The third kappa shape index (κ3) is 4.78. The van der Waals surface area contributed by atoms with E-state index in [0.717, 1.165) is 18.4 Å². The Kier molecular flexibility index (Phi) is 5.75. The van der Waals surface area contributed by atoms with E-state index in [9.17, 15) is 8.42 Å². The van der Waals surface area contributed by atoms with Crippen LogP contribution in [0.25, 0.3) is 0 Å². The molecule has 118 valence electrons. The van der Waals surface area contributed by atoms with Gasteiger partial charge in [-0.1, -0.05) is 37.3 Å². The Morgan fingerprint density at radius 3 is 2.71 bits per heavy atom. The number of hydrogen-bond acceptors (Lipinski definition) is 3. The molecule has 1 aromatic carbocycles. The molecule has 0 aromatic heterocycles. The minimum atomic E-state index is -3.44. The first-order chi connectivity index (χ1) is 10.0. The highest BCUT2D eigenvalue weighted by molar-refractivity contribution is 7.87. The highest BCUT2D eigenvalue weighted by Crippen LogP contribution is 2.18. The second-order valence-corrected chi connectivity index (χ2v) is 7.55. The molecule has 1 aliphatic heterocycles. The fourth-order valence-electron chi connectivity index (χ4n) is 2.72. The van der Waals surface area contributed by atoms with Crippen LogP contribution in [0.15, 0.2) is 30.3 Å². The Bertz CT molecular complexity index is 533. The maximum Gasteiger partial charge on any atom is 0.279 e. The van der Waals surface area contributed by atoms with Gasteiger partial charge in [0.2, 0.25) is 0 Å². The molecule has 2 atom stereocenters. The van der Waals surface area contributed by atoms with E-state index in [-0.39, 0.29) is 12.6 Å². The van der Waals surface area contributed by atoms with E-state index in [1.165, 1.54) is 0 Å². The highest BCUT2D eigenvalue weighted by atomic mass is 32.2. The maximum absolute atomic E-state index is 12.4. The van der Waals surface area contributed by atoms with E-state index in [1.54, 1.807) is 4.31 Å². The Labute approximate surface area is 127 Å². The average molecular weight is 311 g/mol. The molecule has 2 unspecified atom stereocenters. The number of nitrogens with two attached hydrogens (primary N) is 1. The molecule has 1 fully saturated rings. The van der Waals surface area contributed by atoms with Gasteiger partial charge in [0.1, 0.15) is 0 Å². The number of nitrogens with one attached hydrogen (secondary N) is 1. The van der Waals surface area contributed by atoms with Crippen LogP contribution < -0.4 is 10.5 Å². The summed E-state index contributed by atoms with van der Waals surface area (Å²) in [4.78, 5) is 0. The van der Waals surface area contributed by atoms with Crippen molar-refractivity contribution in [2.24, 2.45) is 11.7 Å². The summed E-state index contributed by atoms with van der Waals surface area (Å²) < 4.78 is 29.2. The number of piperidine rings is 1. The second-order valence-electron chi connectivity index (χ2n) is 5.85. The van der Waals surface area contributed by atoms with Gasteiger partial charge in [0.05, 0.1) is 0 Å². The van der Waals surface area contributed by atoms with Crippen LogP contribution in [0.5, 0.6) is 0 Å². The molecule has 0 spiro atoms. The van der Waals surface area contributed by atoms with Gasteiger partial charge >= 0.3 is 0 Å². The molecule has 5 nitrogen and oxygen atoms in total. The first kappa shape index (κ1) is 16.4. The Morgan fingerprint density at radius 1 is 1.38 bits per heavy atom. The van der Waals surface area contributed by atoms with Gasteiger partial charge < -0.3 is 5.73 Å². The fourth-order valence-corrected chi connectivity index (χ4v) is 4.29. The summed E-state index contributed by atoms with van der Waals surface area (Å²) in [6, 6.07) is 9.54. The van der Waals surface area contributed by atoms with Crippen molar-refractivity contribution in [2.45, 2.75) is 32.2 Å². The molecular weight excluding hydrogens is 286 g/mol. The lowest BCUT2D eigenvalue weighted by Gasteiger charge is -2.31. The van der Waals surface area contributed by atoms with Crippen LogP contribution >= 0.6 is 0 Å². The van der Waals surface area contributed by atoms with Gasteiger partial charge in [-0.3, -0.25) is 0 Å². The maximum atomic E-state index is 12.4. The molecule has 0 saturated carbocycles. The average Bonchev–Trinajstić information content (AvgIpc) is 2.47. The molecule has 1 aromatic rings. The molecule has 0 aliphatic carbocycles. The summed E-state index contributed by atoms with van der Waals surface area (Å²) in [5.41, 5.74) is 6.82. The van der Waals surface area contributed by atoms with Crippen LogP contribution in [0.2, 0.25) is 0 Å². The monoisotopic (exact) mass is 311 g/mol. The molecule has 0 radical (unpaired) electrons. The number of nitrogens with zero attached hydrogens (tertiary/aromatic N) is 1. The lowest BCUT2D eigenvalue weighted by atomic mass is 10.0. The predicted molar refractivity (Wildman–Crippen MR) is 85.0 cm³/mol. The molecule has 1 aliphatic rings. The van der Waals surface area contributed by atoms with Crippen LogP contribution in [0.3, 0.4) is 0 Å². The quantitative estimate of drug-likeness (QED) is 0.827. The Hall–Kier alpha value is -0.950. The Morgan fingerprint density at radius 2 is 2.10 bits per heavy atom. The van der Waals surface area contributed by atoms with Crippen LogP contribution in [0.1, 0.15) is 25.3 Å². The van der Waals surface area contributed by atoms with Crippen molar-refractivity contribution in [3.63, 3.8) is 0 Å². The van der Waals surface area contributed by atoms with Gasteiger partial charge in [0, 0.05) is 25.7 Å². The standard InChI is InChI=1S/C15H25N3O2S/c1-13-6-5-9-18(12-13)21(19,20)17-15(11-16)10-14-7-3-2-4-8-14/h2-4,7-8,13,15,17H,5-6,9-12,16H2,1H3. The van der Waals surface area contributed by atoms with Crippen LogP contribution in [0.4, 0.5) is 0 Å². The molecule has 1 saturated heterocycles.